The van der Waals surface area contributed by atoms with E-state index in [0.717, 1.165) is 36.8 Å². The molecule has 5 aliphatic rings. The van der Waals surface area contributed by atoms with Crippen molar-refractivity contribution < 1.29 is 26.4 Å². The second kappa shape index (κ2) is 8.63. The van der Waals surface area contributed by atoms with Crippen LogP contribution in [-0.2, 0) is 36.2 Å². The quantitative estimate of drug-likeness (QED) is 0.534. The summed E-state index contributed by atoms with van der Waals surface area (Å²) in [5.41, 5.74) is 0.208. The number of piperidine rings is 1. The van der Waals surface area contributed by atoms with Gasteiger partial charge in [-0.3, -0.25) is 14.3 Å². The minimum absolute atomic E-state index is 0.0679. The monoisotopic (exact) mass is 562 g/mol. The molecule has 1 aromatic heterocycles. The van der Waals surface area contributed by atoms with Crippen LogP contribution in [0.15, 0.2) is 45.0 Å². The molecule has 2 bridgehead atoms. The van der Waals surface area contributed by atoms with Crippen LogP contribution < -0.4 is 10.0 Å². The van der Waals surface area contributed by atoms with Crippen LogP contribution in [0, 0.1) is 23.7 Å². The standard InChI is InChI=1S/C24H26N4O6S3/c1-36(31,32)26-15-8-9-17-18(11-15)37(33,34)27-23(25-17)20-22(29)19-13-4-6-14(7-5-13)21(19)28(24(20)30)12-16-3-2-10-35-16/h2-3,8-11,13-14,19-21,26H,4-7,12H2,1H3,(H,25,27). The lowest BCUT2D eigenvalue weighted by Gasteiger charge is -2.55. The number of rotatable bonds is 5. The zero-order valence-electron chi connectivity index (χ0n) is 20.0. The molecule has 3 saturated carbocycles. The van der Waals surface area contributed by atoms with Gasteiger partial charge in [-0.2, -0.15) is 8.42 Å². The van der Waals surface area contributed by atoms with E-state index in [4.69, 9.17) is 0 Å². The lowest BCUT2D eigenvalue weighted by atomic mass is 9.57. The number of hydrogen-bond acceptors (Lipinski definition) is 8. The molecule has 13 heteroatoms. The molecule has 2 aromatic rings. The van der Waals surface area contributed by atoms with Crippen LogP contribution in [-0.4, -0.2) is 51.6 Å². The largest absolute Gasteiger partial charge is 0.341 e. The Hall–Kier alpha value is -2.77. The van der Waals surface area contributed by atoms with E-state index in [2.05, 4.69) is 14.4 Å². The fourth-order valence-electron chi connectivity index (χ4n) is 6.48. The van der Waals surface area contributed by atoms with Crippen molar-refractivity contribution in [3.05, 3.63) is 40.6 Å². The van der Waals surface area contributed by atoms with Gasteiger partial charge in [0.05, 0.1) is 18.5 Å². The summed E-state index contributed by atoms with van der Waals surface area (Å²) in [4.78, 5) is 30.4. The summed E-state index contributed by atoms with van der Waals surface area (Å²) in [6.07, 6.45) is 4.80. The van der Waals surface area contributed by atoms with E-state index in [1.165, 1.54) is 18.2 Å². The first-order valence-corrected chi connectivity index (χ1v) is 16.3. The van der Waals surface area contributed by atoms with E-state index in [1.807, 2.05) is 17.5 Å². The third kappa shape index (κ3) is 4.26. The van der Waals surface area contributed by atoms with Crippen LogP contribution in [0.5, 0.6) is 0 Å². The molecule has 3 aliphatic carbocycles. The summed E-state index contributed by atoms with van der Waals surface area (Å²) in [6.45, 7) is 0.377. The first-order chi connectivity index (χ1) is 17.5. The van der Waals surface area contributed by atoms with E-state index >= 15 is 0 Å². The van der Waals surface area contributed by atoms with E-state index in [9.17, 15) is 26.4 Å². The van der Waals surface area contributed by atoms with E-state index in [0.29, 0.717) is 6.54 Å². The van der Waals surface area contributed by atoms with E-state index in [1.54, 1.807) is 16.2 Å². The molecule has 3 heterocycles. The molecule has 0 spiro atoms. The van der Waals surface area contributed by atoms with Gasteiger partial charge in [-0.05, 0) is 67.2 Å². The third-order valence-corrected chi connectivity index (χ3v) is 10.7. The number of sulfonamides is 2. The Bertz CT molecular complexity index is 1530. The van der Waals surface area contributed by atoms with Crippen molar-refractivity contribution in [2.75, 3.05) is 16.3 Å². The van der Waals surface area contributed by atoms with Crippen molar-refractivity contribution in [3.8, 4) is 0 Å². The number of ketones is 1. The summed E-state index contributed by atoms with van der Waals surface area (Å²) >= 11 is 1.54. The molecule has 2 N–H and O–H groups in total. The van der Waals surface area contributed by atoms with Crippen LogP contribution in [0.4, 0.5) is 11.4 Å². The molecule has 7 rings (SSSR count). The fourth-order valence-corrected chi connectivity index (χ4v) is 8.92. The number of carbonyl (C=O) groups excluding carboxylic acids is 2. The number of Topliss-reactive ketones (excluding diaryl/α,β-unsaturated/α-hetero) is 1. The average molecular weight is 563 g/mol. The molecule has 3 unspecified atom stereocenters. The number of thiophene rings is 1. The summed E-state index contributed by atoms with van der Waals surface area (Å²) < 4.78 is 55.6. The zero-order chi connectivity index (χ0) is 26.1. The number of amidine groups is 1. The first kappa shape index (κ1) is 24.6. The summed E-state index contributed by atoms with van der Waals surface area (Å²) in [7, 11) is -7.92. The van der Waals surface area contributed by atoms with Crippen molar-refractivity contribution in [1.29, 1.82) is 0 Å². The van der Waals surface area contributed by atoms with Gasteiger partial charge in [-0.15, -0.1) is 15.7 Å². The number of nitrogens with zero attached hydrogens (tertiary/aromatic N) is 2. The number of anilines is 2. The molecule has 1 amide bonds. The predicted molar refractivity (Wildman–Crippen MR) is 139 cm³/mol. The van der Waals surface area contributed by atoms with Crippen LogP contribution in [0.2, 0.25) is 0 Å². The molecule has 196 valence electrons. The van der Waals surface area contributed by atoms with Crippen LogP contribution in [0.3, 0.4) is 0 Å². The molecule has 1 aromatic carbocycles. The Morgan fingerprint density at radius 1 is 1.14 bits per heavy atom. The Balaban J connectivity index is 1.39. The number of carbonyl (C=O) groups is 2. The van der Waals surface area contributed by atoms with E-state index < -0.39 is 31.9 Å². The highest BCUT2D eigenvalue weighted by molar-refractivity contribution is 7.92. The number of amides is 1. The minimum Gasteiger partial charge on any atom is -0.341 e. The van der Waals surface area contributed by atoms with Gasteiger partial charge in [0.15, 0.2) is 11.7 Å². The summed E-state index contributed by atoms with van der Waals surface area (Å²) in [5.74, 6) is -2.12. The van der Waals surface area contributed by atoms with Gasteiger partial charge < -0.3 is 10.2 Å². The fraction of sp³-hybridized carbons (Fsp3) is 0.458. The van der Waals surface area contributed by atoms with Crippen molar-refractivity contribution in [3.63, 3.8) is 0 Å². The van der Waals surface area contributed by atoms with Gasteiger partial charge >= 0.3 is 0 Å². The van der Waals surface area contributed by atoms with Crippen LogP contribution in [0.1, 0.15) is 30.6 Å². The lowest BCUT2D eigenvalue weighted by molar-refractivity contribution is -0.162. The van der Waals surface area contributed by atoms with Gasteiger partial charge in [-0.1, -0.05) is 6.07 Å². The second-order valence-electron chi connectivity index (χ2n) is 10.2. The highest BCUT2D eigenvalue weighted by Crippen LogP contribution is 2.51. The number of benzene rings is 1. The maximum atomic E-state index is 13.9. The Morgan fingerprint density at radius 3 is 2.54 bits per heavy atom. The number of likely N-dealkylation sites (tertiary alicyclic amines) is 1. The molecule has 2 aliphatic heterocycles. The molecule has 1 saturated heterocycles. The van der Waals surface area contributed by atoms with Gasteiger partial charge in [-0.25, -0.2) is 8.42 Å². The molecule has 4 fully saturated rings. The minimum atomic E-state index is -4.30. The highest BCUT2D eigenvalue weighted by Gasteiger charge is 2.58. The summed E-state index contributed by atoms with van der Waals surface area (Å²) in [5, 5.41) is 4.86. The predicted octanol–water partition coefficient (Wildman–Crippen LogP) is 2.66. The summed E-state index contributed by atoms with van der Waals surface area (Å²) in [6, 6.07) is 7.69. The van der Waals surface area contributed by atoms with Crippen LogP contribution >= 0.6 is 11.3 Å². The highest BCUT2D eigenvalue weighted by atomic mass is 32.2. The average Bonchev–Trinajstić information content (AvgIpc) is 3.34. The van der Waals surface area contributed by atoms with Crippen molar-refractivity contribution in [2.24, 2.45) is 28.1 Å². The van der Waals surface area contributed by atoms with Gasteiger partial charge in [0.25, 0.3) is 10.0 Å². The number of fused-ring (bicyclic) bond motifs is 3. The van der Waals surface area contributed by atoms with E-state index in [-0.39, 0.29) is 51.7 Å². The molecule has 0 radical (unpaired) electrons. The Kier molecular flexibility index (Phi) is 5.73. The Morgan fingerprint density at radius 2 is 1.86 bits per heavy atom. The SMILES string of the molecule is CS(=O)(=O)Nc1ccc2c(c1)S(=O)(=O)N=C(C1C(=O)C3C4CCC(CC4)C3N(Cc3cccs3)C1=O)N2. The van der Waals surface area contributed by atoms with Crippen molar-refractivity contribution in [1.82, 2.24) is 4.90 Å². The van der Waals surface area contributed by atoms with Gasteiger partial charge in [0, 0.05) is 22.5 Å². The van der Waals surface area contributed by atoms with Gasteiger partial charge in [0.1, 0.15) is 10.7 Å². The maximum absolute atomic E-state index is 13.9. The van der Waals surface area contributed by atoms with Gasteiger partial charge in [0.2, 0.25) is 15.9 Å². The second-order valence-corrected chi connectivity index (χ2v) is 14.6. The molecule has 10 nitrogen and oxygen atoms in total. The molecular formula is C24H26N4O6S3. The smallest absolute Gasteiger partial charge is 0.286 e. The molecular weight excluding hydrogens is 536 g/mol. The topological polar surface area (TPSA) is 142 Å². The first-order valence-electron chi connectivity index (χ1n) is 12.1. The lowest BCUT2D eigenvalue weighted by Crippen LogP contribution is -2.66. The molecule has 37 heavy (non-hydrogen) atoms. The number of nitrogens with one attached hydrogen (secondary N) is 2. The van der Waals surface area contributed by atoms with Crippen molar-refractivity contribution in [2.45, 2.75) is 43.2 Å². The van der Waals surface area contributed by atoms with Crippen molar-refractivity contribution >= 4 is 60.3 Å². The number of hydrogen-bond donors (Lipinski definition) is 2. The van der Waals surface area contributed by atoms with Crippen LogP contribution in [0.25, 0.3) is 0 Å². The maximum Gasteiger partial charge on any atom is 0.286 e. The Labute approximate surface area is 219 Å². The third-order valence-electron chi connectivity index (χ3n) is 7.90. The normalized spacial score (nSPS) is 30.2. The zero-order valence-corrected chi connectivity index (χ0v) is 22.4. The molecule has 3 atom stereocenters.